The number of ether oxygens (including phenoxy) is 1. The number of benzene rings is 3. The third-order valence-electron chi connectivity index (χ3n) is 4.68. The molecule has 33 heavy (non-hydrogen) atoms. The molecule has 0 atom stereocenters. The lowest BCUT2D eigenvalue weighted by atomic mass is 9.97. The summed E-state index contributed by atoms with van der Waals surface area (Å²) in [6.45, 7) is 1.96. The summed E-state index contributed by atoms with van der Waals surface area (Å²) in [6, 6.07) is 15.2. The number of aryl methyl sites for hydroxylation is 1. The first-order chi connectivity index (χ1) is 15.7. The number of carbonyl (C=O) groups is 4. The lowest BCUT2D eigenvalue weighted by Gasteiger charge is -2.17. The van der Waals surface area contributed by atoms with Gasteiger partial charge < -0.3 is 35.2 Å². The van der Waals surface area contributed by atoms with E-state index in [1.165, 1.54) is 19.2 Å². The quantitative estimate of drug-likeness (QED) is 0.553. The summed E-state index contributed by atoms with van der Waals surface area (Å²) in [4.78, 5) is 47.7. The second kappa shape index (κ2) is 9.65. The normalized spacial score (nSPS) is 10.2. The smallest absolute Gasteiger partial charge is 0.256 e. The molecule has 3 rings (SSSR count). The van der Waals surface area contributed by atoms with Crippen LogP contribution in [0.15, 0.2) is 60.7 Å². The van der Waals surface area contributed by atoms with Crippen molar-refractivity contribution in [2.45, 2.75) is 6.92 Å². The Labute approximate surface area is 188 Å². The molecule has 2 amide bonds. The highest BCUT2D eigenvalue weighted by Gasteiger charge is 2.20. The molecule has 0 bridgehead atoms. The summed E-state index contributed by atoms with van der Waals surface area (Å²) in [6.07, 6.45) is 0. The van der Waals surface area contributed by atoms with Crippen LogP contribution < -0.4 is 25.6 Å². The molecule has 0 aliphatic rings. The van der Waals surface area contributed by atoms with Gasteiger partial charge in [-0.2, -0.15) is 0 Å². The van der Waals surface area contributed by atoms with E-state index >= 15 is 0 Å². The monoisotopic (exact) mass is 446 g/mol. The van der Waals surface area contributed by atoms with Gasteiger partial charge in [0.05, 0.1) is 11.9 Å². The second-order valence-electron chi connectivity index (χ2n) is 6.99. The highest BCUT2D eigenvalue weighted by atomic mass is 16.5. The molecular formula is C24H18N2O7-2. The van der Waals surface area contributed by atoms with Gasteiger partial charge in [-0.05, 0) is 55.5 Å². The minimum absolute atomic E-state index is 0.311. The van der Waals surface area contributed by atoms with Crippen LogP contribution in [0, 0.1) is 6.92 Å². The maximum absolute atomic E-state index is 12.8. The number of rotatable bonds is 7. The van der Waals surface area contributed by atoms with Crippen molar-refractivity contribution in [1.82, 2.24) is 5.32 Å². The Kier molecular flexibility index (Phi) is 6.73. The maximum atomic E-state index is 12.8. The molecule has 3 aromatic carbocycles. The average Bonchev–Trinajstić information content (AvgIpc) is 2.80. The van der Waals surface area contributed by atoms with Crippen LogP contribution in [0.4, 0.5) is 5.69 Å². The highest BCUT2D eigenvalue weighted by Crippen LogP contribution is 2.24. The van der Waals surface area contributed by atoms with E-state index in [9.17, 15) is 29.4 Å². The van der Waals surface area contributed by atoms with Gasteiger partial charge >= 0.3 is 0 Å². The third-order valence-corrected chi connectivity index (χ3v) is 4.68. The van der Waals surface area contributed by atoms with Crippen LogP contribution in [-0.2, 0) is 0 Å². The van der Waals surface area contributed by atoms with Gasteiger partial charge in [-0.25, -0.2) is 0 Å². The minimum Gasteiger partial charge on any atom is -0.545 e. The molecule has 0 aliphatic carbocycles. The van der Waals surface area contributed by atoms with E-state index in [4.69, 9.17) is 4.74 Å². The molecule has 0 saturated carbocycles. The summed E-state index contributed by atoms with van der Waals surface area (Å²) in [5.41, 5.74) is -0.843. The lowest BCUT2D eigenvalue weighted by molar-refractivity contribution is -0.255. The van der Waals surface area contributed by atoms with Crippen LogP contribution in [-0.4, -0.2) is 30.8 Å². The standard InChI is InChI=1S/C24H20N2O7/c1-13-3-7-15(8-4-13)33-16-9-5-14(6-10-16)26-22(28)18-11-17(21(27)25-2)19(23(29)30)12-20(18)24(31)32/h3-12H,1-2H3,(H,25,27)(H,26,28)(H,29,30)(H,31,32)/p-2. The van der Waals surface area contributed by atoms with Gasteiger partial charge in [-0.1, -0.05) is 17.7 Å². The van der Waals surface area contributed by atoms with Gasteiger partial charge in [0.1, 0.15) is 11.5 Å². The fourth-order valence-corrected chi connectivity index (χ4v) is 2.99. The first-order valence-electron chi connectivity index (χ1n) is 9.68. The molecular weight excluding hydrogens is 428 g/mol. The zero-order valence-electron chi connectivity index (χ0n) is 17.6. The molecule has 9 nitrogen and oxygen atoms in total. The molecule has 0 fully saturated rings. The number of nitrogens with one attached hydrogen (secondary N) is 2. The zero-order valence-corrected chi connectivity index (χ0v) is 17.6. The lowest BCUT2D eigenvalue weighted by Crippen LogP contribution is -2.32. The summed E-state index contributed by atoms with van der Waals surface area (Å²) in [5.74, 6) is -4.12. The SMILES string of the molecule is CNC(=O)c1cc(C(=O)Nc2ccc(Oc3ccc(C)cc3)cc2)c(C(=O)[O-])cc1C(=O)[O-]. The Balaban J connectivity index is 1.87. The van der Waals surface area contributed by atoms with Gasteiger partial charge in [0, 0.05) is 35.0 Å². The van der Waals surface area contributed by atoms with Crippen LogP contribution in [0.5, 0.6) is 11.5 Å². The fraction of sp³-hybridized carbons (Fsp3) is 0.0833. The van der Waals surface area contributed by atoms with E-state index in [2.05, 4.69) is 10.6 Å². The van der Waals surface area contributed by atoms with Gasteiger partial charge in [0.25, 0.3) is 11.8 Å². The summed E-state index contributed by atoms with van der Waals surface area (Å²) in [7, 11) is 1.26. The number of carboxylic acid groups (broad SMARTS) is 2. The molecule has 3 aromatic rings. The first kappa shape index (κ1) is 23.0. The molecule has 168 valence electrons. The molecule has 9 heteroatoms. The van der Waals surface area contributed by atoms with Gasteiger partial charge in [0.2, 0.25) is 0 Å². The summed E-state index contributed by atoms with van der Waals surface area (Å²) in [5, 5.41) is 27.6. The van der Waals surface area contributed by atoms with Crippen molar-refractivity contribution in [3.8, 4) is 11.5 Å². The van der Waals surface area contributed by atoms with Crippen molar-refractivity contribution < 1.29 is 34.1 Å². The van der Waals surface area contributed by atoms with E-state index < -0.39 is 46.0 Å². The van der Waals surface area contributed by atoms with Crippen molar-refractivity contribution in [1.29, 1.82) is 0 Å². The van der Waals surface area contributed by atoms with Crippen molar-refractivity contribution in [3.63, 3.8) is 0 Å². The van der Waals surface area contributed by atoms with Crippen LogP contribution in [0.3, 0.4) is 0 Å². The Morgan fingerprint density at radius 1 is 0.697 bits per heavy atom. The fourth-order valence-electron chi connectivity index (χ4n) is 2.99. The molecule has 2 N–H and O–H groups in total. The Hall–Kier alpha value is -4.66. The Morgan fingerprint density at radius 2 is 1.15 bits per heavy atom. The van der Waals surface area contributed by atoms with E-state index in [1.54, 1.807) is 12.1 Å². The van der Waals surface area contributed by atoms with Crippen molar-refractivity contribution in [2.24, 2.45) is 0 Å². The van der Waals surface area contributed by atoms with Gasteiger partial charge in [-0.3, -0.25) is 9.59 Å². The van der Waals surface area contributed by atoms with E-state index in [1.807, 2.05) is 31.2 Å². The predicted octanol–water partition coefficient (Wildman–Crippen LogP) is 1.13. The number of hydrogen-bond donors (Lipinski definition) is 2. The number of carboxylic acids is 2. The average molecular weight is 446 g/mol. The van der Waals surface area contributed by atoms with E-state index in [0.717, 1.165) is 11.6 Å². The van der Waals surface area contributed by atoms with Crippen LogP contribution >= 0.6 is 0 Å². The number of anilines is 1. The predicted molar refractivity (Wildman–Crippen MR) is 114 cm³/mol. The van der Waals surface area contributed by atoms with Gasteiger partial charge in [0.15, 0.2) is 0 Å². The van der Waals surface area contributed by atoms with Crippen molar-refractivity contribution in [3.05, 3.63) is 88.5 Å². The number of carbonyl (C=O) groups excluding carboxylic acids is 4. The number of hydrogen-bond acceptors (Lipinski definition) is 7. The van der Waals surface area contributed by atoms with Crippen LogP contribution in [0.25, 0.3) is 0 Å². The second-order valence-corrected chi connectivity index (χ2v) is 6.99. The highest BCUT2D eigenvalue weighted by molar-refractivity contribution is 6.14. The molecule has 0 unspecified atom stereocenters. The Morgan fingerprint density at radius 3 is 1.64 bits per heavy atom. The first-order valence-corrected chi connectivity index (χ1v) is 9.68. The summed E-state index contributed by atoms with van der Waals surface area (Å²) < 4.78 is 5.71. The largest absolute Gasteiger partial charge is 0.545 e. The number of aromatic carboxylic acids is 2. The zero-order chi connectivity index (χ0) is 24.1. The molecule has 0 saturated heterocycles. The third kappa shape index (κ3) is 5.34. The van der Waals surface area contributed by atoms with Crippen molar-refractivity contribution in [2.75, 3.05) is 12.4 Å². The van der Waals surface area contributed by atoms with E-state index in [0.29, 0.717) is 23.3 Å². The van der Waals surface area contributed by atoms with Crippen LogP contribution in [0.1, 0.15) is 47.0 Å². The molecule has 0 heterocycles. The van der Waals surface area contributed by atoms with E-state index in [-0.39, 0.29) is 0 Å². The molecule has 0 aromatic heterocycles. The minimum atomic E-state index is -1.78. The maximum Gasteiger partial charge on any atom is 0.256 e. The molecule has 0 radical (unpaired) electrons. The van der Waals surface area contributed by atoms with Gasteiger partial charge in [-0.15, -0.1) is 0 Å². The summed E-state index contributed by atoms with van der Waals surface area (Å²) >= 11 is 0. The van der Waals surface area contributed by atoms with Crippen molar-refractivity contribution >= 4 is 29.4 Å². The van der Waals surface area contributed by atoms with Crippen LogP contribution in [0.2, 0.25) is 0 Å². The number of amides is 2. The Bertz CT molecular complexity index is 1230. The molecule has 0 aliphatic heterocycles. The topological polar surface area (TPSA) is 148 Å². The molecule has 0 spiro atoms.